The first-order chi connectivity index (χ1) is 15.0. The van der Waals surface area contributed by atoms with Crippen LogP contribution in [-0.4, -0.2) is 57.3 Å². The van der Waals surface area contributed by atoms with E-state index in [2.05, 4.69) is 35.8 Å². The minimum absolute atomic E-state index is 0.119. The Hall–Kier alpha value is -3.99. The predicted molar refractivity (Wildman–Crippen MR) is 112 cm³/mol. The third-order valence-electron chi connectivity index (χ3n) is 4.69. The van der Waals surface area contributed by atoms with Crippen LogP contribution in [0.3, 0.4) is 0 Å². The molecule has 4 rings (SSSR count). The van der Waals surface area contributed by atoms with E-state index in [0.29, 0.717) is 17.3 Å². The summed E-state index contributed by atoms with van der Waals surface area (Å²) < 4.78 is 3.33. The van der Waals surface area contributed by atoms with Crippen LogP contribution in [0.5, 0.6) is 0 Å². The van der Waals surface area contributed by atoms with Crippen molar-refractivity contribution in [1.82, 2.24) is 39.7 Å². The van der Waals surface area contributed by atoms with Gasteiger partial charge in [-0.1, -0.05) is 6.07 Å². The number of nitrogens with zero attached hydrogens (tertiary/aromatic N) is 8. The topological polar surface area (TPSA) is 137 Å². The Balaban J connectivity index is 1.59. The molecule has 0 fully saturated rings. The van der Waals surface area contributed by atoms with Gasteiger partial charge >= 0.3 is 0 Å². The molecule has 0 aromatic carbocycles. The highest BCUT2D eigenvalue weighted by Crippen LogP contribution is 2.20. The van der Waals surface area contributed by atoms with E-state index >= 15 is 0 Å². The molecule has 4 aromatic heterocycles. The molecule has 11 heteroatoms. The number of aliphatic hydroxyl groups excluding tert-OH is 1. The summed E-state index contributed by atoms with van der Waals surface area (Å²) in [6.07, 6.45) is 5.22. The molecule has 0 saturated heterocycles. The van der Waals surface area contributed by atoms with Gasteiger partial charge in [-0.05, 0) is 55.0 Å². The first kappa shape index (κ1) is 20.3. The zero-order chi connectivity index (χ0) is 22.0. The second-order valence-corrected chi connectivity index (χ2v) is 7.12. The van der Waals surface area contributed by atoms with E-state index in [1.807, 2.05) is 24.6 Å². The first-order valence-corrected chi connectivity index (χ1v) is 9.61. The van der Waals surface area contributed by atoms with Crippen molar-refractivity contribution in [2.75, 3.05) is 11.9 Å². The lowest BCUT2D eigenvalue weighted by molar-refractivity contribution is 0.102. The van der Waals surface area contributed by atoms with Gasteiger partial charge in [-0.25, -0.2) is 14.6 Å². The molecule has 11 nitrogen and oxygen atoms in total. The number of hydrogen-bond donors (Lipinski definition) is 2. The van der Waals surface area contributed by atoms with E-state index in [9.17, 15) is 9.90 Å². The molecule has 0 aliphatic heterocycles. The Morgan fingerprint density at radius 2 is 2.10 bits per heavy atom. The van der Waals surface area contributed by atoms with Gasteiger partial charge in [-0.2, -0.15) is 0 Å². The lowest BCUT2D eigenvalue weighted by Crippen LogP contribution is -2.16. The molecule has 158 valence electrons. The molecule has 0 spiro atoms. The lowest BCUT2D eigenvalue weighted by Gasteiger charge is -2.11. The third kappa shape index (κ3) is 4.16. The predicted octanol–water partition coefficient (Wildman–Crippen LogP) is 1.74. The van der Waals surface area contributed by atoms with Crippen molar-refractivity contribution in [1.29, 1.82) is 0 Å². The van der Waals surface area contributed by atoms with E-state index in [1.54, 1.807) is 43.7 Å². The zero-order valence-electron chi connectivity index (χ0n) is 17.3. The number of carbonyl (C=O) groups is 1. The van der Waals surface area contributed by atoms with Gasteiger partial charge in [-0.3, -0.25) is 9.78 Å². The number of hydrogen-bond acceptors (Lipinski definition) is 8. The normalized spacial score (nSPS) is 12.0. The van der Waals surface area contributed by atoms with Crippen LogP contribution in [0.2, 0.25) is 0 Å². The van der Waals surface area contributed by atoms with Gasteiger partial charge in [0.05, 0.1) is 30.4 Å². The number of anilines is 1. The Kier molecular flexibility index (Phi) is 5.50. The largest absolute Gasteiger partial charge is 0.394 e. The molecule has 0 unspecified atom stereocenters. The molecular formula is C20H21N9O2. The van der Waals surface area contributed by atoms with Crippen molar-refractivity contribution in [3.63, 3.8) is 0 Å². The average molecular weight is 419 g/mol. The van der Waals surface area contributed by atoms with Gasteiger partial charge in [0.15, 0.2) is 0 Å². The highest BCUT2D eigenvalue weighted by molar-refractivity contribution is 6.02. The maximum atomic E-state index is 12.8. The maximum absolute atomic E-state index is 12.8. The van der Waals surface area contributed by atoms with Crippen LogP contribution in [0.15, 0.2) is 43.0 Å². The summed E-state index contributed by atoms with van der Waals surface area (Å²) in [5, 5.41) is 23.7. The summed E-state index contributed by atoms with van der Waals surface area (Å²) in [6, 6.07) is 6.53. The van der Waals surface area contributed by atoms with Gasteiger partial charge in [0.2, 0.25) is 5.82 Å². The van der Waals surface area contributed by atoms with Crippen molar-refractivity contribution in [3.8, 4) is 17.2 Å². The molecule has 1 atom stereocenters. The molecule has 0 saturated carbocycles. The Morgan fingerprint density at radius 1 is 1.26 bits per heavy atom. The van der Waals surface area contributed by atoms with Crippen molar-refractivity contribution in [3.05, 3.63) is 59.9 Å². The summed E-state index contributed by atoms with van der Waals surface area (Å²) in [7, 11) is 0. The highest BCUT2D eigenvalue weighted by Gasteiger charge is 2.17. The van der Waals surface area contributed by atoms with Crippen LogP contribution in [0.4, 0.5) is 5.82 Å². The molecule has 0 radical (unpaired) electrons. The van der Waals surface area contributed by atoms with E-state index in [-0.39, 0.29) is 18.3 Å². The molecule has 0 aliphatic rings. The number of carbonyl (C=O) groups excluding carboxylic acids is 1. The van der Waals surface area contributed by atoms with E-state index < -0.39 is 5.91 Å². The number of imidazole rings is 1. The Bertz CT molecular complexity index is 1230. The Labute approximate surface area is 177 Å². The summed E-state index contributed by atoms with van der Waals surface area (Å²) in [5.74, 6) is 0.325. The van der Waals surface area contributed by atoms with Crippen LogP contribution in [-0.2, 0) is 0 Å². The van der Waals surface area contributed by atoms with Gasteiger partial charge in [-0.15, -0.1) is 5.10 Å². The van der Waals surface area contributed by atoms with Gasteiger partial charge in [0, 0.05) is 12.4 Å². The van der Waals surface area contributed by atoms with Crippen molar-refractivity contribution >= 4 is 11.7 Å². The van der Waals surface area contributed by atoms with Crippen LogP contribution >= 0.6 is 0 Å². The maximum Gasteiger partial charge on any atom is 0.275 e. The summed E-state index contributed by atoms with van der Waals surface area (Å²) >= 11 is 0. The molecule has 4 aromatic rings. The minimum atomic E-state index is -0.397. The zero-order valence-corrected chi connectivity index (χ0v) is 17.3. The second-order valence-electron chi connectivity index (χ2n) is 7.12. The van der Waals surface area contributed by atoms with Crippen LogP contribution in [0.25, 0.3) is 17.2 Å². The average Bonchev–Trinajstić information content (AvgIpc) is 3.43. The second kappa shape index (κ2) is 8.40. The molecular weight excluding hydrogens is 398 g/mol. The SMILES string of the molecule is Cc1cn(-c2cc(C(=O)Nc3cccc(-c4nnnn4[C@H](C)CO)n3)ncc2C)cn1. The summed E-state index contributed by atoms with van der Waals surface area (Å²) in [5.41, 5.74) is 3.33. The molecule has 31 heavy (non-hydrogen) atoms. The standard InChI is InChI=1S/C20H21N9O2/c1-12-8-21-16(7-17(12)28-9-13(2)22-11-28)20(31)24-18-6-4-5-15(23-18)19-25-26-27-29(19)14(3)10-30/h4-9,11,14,30H,10H2,1-3H3,(H,23,24,31)/t14-/m1/s1. The van der Waals surface area contributed by atoms with E-state index in [0.717, 1.165) is 16.9 Å². The van der Waals surface area contributed by atoms with Gasteiger partial charge < -0.3 is 15.0 Å². The lowest BCUT2D eigenvalue weighted by atomic mass is 10.2. The summed E-state index contributed by atoms with van der Waals surface area (Å²) in [6.45, 7) is 5.49. The molecule has 1 amide bonds. The monoisotopic (exact) mass is 419 g/mol. The number of pyridine rings is 2. The Morgan fingerprint density at radius 3 is 2.84 bits per heavy atom. The minimum Gasteiger partial charge on any atom is -0.394 e. The van der Waals surface area contributed by atoms with Crippen molar-refractivity contribution in [2.45, 2.75) is 26.8 Å². The summed E-state index contributed by atoms with van der Waals surface area (Å²) in [4.78, 5) is 25.7. The first-order valence-electron chi connectivity index (χ1n) is 9.61. The van der Waals surface area contributed by atoms with Crippen LogP contribution in [0, 0.1) is 13.8 Å². The van der Waals surface area contributed by atoms with Crippen molar-refractivity contribution < 1.29 is 9.90 Å². The van der Waals surface area contributed by atoms with Crippen molar-refractivity contribution in [2.24, 2.45) is 0 Å². The molecule has 4 heterocycles. The number of aryl methyl sites for hydroxylation is 2. The number of amides is 1. The van der Waals surface area contributed by atoms with Gasteiger partial charge in [0.25, 0.3) is 5.91 Å². The fourth-order valence-corrected chi connectivity index (χ4v) is 3.01. The fourth-order valence-electron chi connectivity index (χ4n) is 3.01. The fraction of sp³-hybridized carbons (Fsp3) is 0.250. The molecule has 0 aliphatic carbocycles. The number of nitrogens with one attached hydrogen (secondary N) is 1. The third-order valence-corrected chi connectivity index (χ3v) is 4.69. The number of aromatic nitrogens is 8. The smallest absolute Gasteiger partial charge is 0.275 e. The quantitative estimate of drug-likeness (QED) is 0.482. The number of tetrazole rings is 1. The van der Waals surface area contributed by atoms with Crippen LogP contribution in [0.1, 0.15) is 34.7 Å². The molecule has 2 N–H and O–H groups in total. The van der Waals surface area contributed by atoms with Crippen LogP contribution < -0.4 is 5.32 Å². The van der Waals surface area contributed by atoms with E-state index in [1.165, 1.54) is 4.68 Å². The molecule has 0 bridgehead atoms. The van der Waals surface area contributed by atoms with E-state index in [4.69, 9.17) is 0 Å². The number of rotatable bonds is 6. The number of aliphatic hydroxyl groups is 1. The van der Waals surface area contributed by atoms with Gasteiger partial charge in [0.1, 0.15) is 17.2 Å². The highest BCUT2D eigenvalue weighted by atomic mass is 16.3.